The summed E-state index contributed by atoms with van der Waals surface area (Å²) in [5.41, 5.74) is 0.196. The smallest absolute Gasteiger partial charge is 0.247 e. The molecule has 0 unspecified atom stereocenters. The van der Waals surface area contributed by atoms with Crippen molar-refractivity contribution in [2.45, 2.75) is 0 Å². The van der Waals surface area contributed by atoms with Crippen molar-refractivity contribution in [2.24, 2.45) is 0 Å². The van der Waals surface area contributed by atoms with Crippen LogP contribution in [0.4, 0.5) is 5.69 Å². The number of sulfone groups is 1. The van der Waals surface area contributed by atoms with Gasteiger partial charge in [0.2, 0.25) is 10.0 Å². The molecule has 0 atom stereocenters. The molecule has 96 valence electrons. The average Bonchev–Trinajstić information content (AvgIpc) is 2.08. The van der Waals surface area contributed by atoms with E-state index in [-0.39, 0.29) is 5.69 Å². The first kappa shape index (κ1) is 14.7. The Balaban J connectivity index is 3.03. The van der Waals surface area contributed by atoms with Gasteiger partial charge < -0.3 is 0 Å². The van der Waals surface area contributed by atoms with E-state index in [1.807, 2.05) is 0 Å². The van der Waals surface area contributed by atoms with Gasteiger partial charge in [-0.25, -0.2) is 16.8 Å². The van der Waals surface area contributed by atoms with Gasteiger partial charge in [-0.15, -0.1) is 0 Å². The molecule has 0 bridgehead atoms. The highest BCUT2D eigenvalue weighted by Gasteiger charge is 2.19. The summed E-state index contributed by atoms with van der Waals surface area (Å²) in [5, 5.41) is -0.650. The second-order valence-corrected chi connectivity index (χ2v) is 8.79. The van der Waals surface area contributed by atoms with Crippen molar-refractivity contribution >= 4 is 53.1 Å². The lowest BCUT2D eigenvalue weighted by Crippen LogP contribution is -2.22. The third-order valence-corrected chi connectivity index (χ3v) is 6.47. The Morgan fingerprint density at radius 3 is 2.41 bits per heavy atom. The number of nitrogens with one attached hydrogen (secondary N) is 1. The molecule has 0 spiro atoms. The standard InChI is InChI=1S/C8H9BrClNO4S2/c1-16(12,13)5-17(14,15)11-7-4-2-3-6(10)8(7)9/h2-4,11H,5H2,1H3. The van der Waals surface area contributed by atoms with Crippen molar-refractivity contribution < 1.29 is 16.8 Å². The summed E-state index contributed by atoms with van der Waals surface area (Å²) in [6.45, 7) is 0. The van der Waals surface area contributed by atoms with E-state index in [0.29, 0.717) is 9.50 Å². The van der Waals surface area contributed by atoms with Crippen molar-refractivity contribution in [1.29, 1.82) is 0 Å². The third-order valence-electron chi connectivity index (χ3n) is 1.59. The van der Waals surface area contributed by atoms with Gasteiger partial charge in [-0.2, -0.15) is 0 Å². The maximum absolute atomic E-state index is 11.5. The first-order chi connectivity index (χ1) is 7.61. The number of benzene rings is 1. The molecule has 0 aliphatic rings. The molecular weight excluding hydrogens is 354 g/mol. The van der Waals surface area contributed by atoms with Crippen molar-refractivity contribution in [1.82, 2.24) is 0 Å². The Morgan fingerprint density at radius 1 is 1.29 bits per heavy atom. The van der Waals surface area contributed by atoms with Crippen LogP contribution >= 0.6 is 27.5 Å². The predicted octanol–water partition coefficient (Wildman–Crippen LogP) is 1.85. The second kappa shape index (κ2) is 5.13. The van der Waals surface area contributed by atoms with Gasteiger partial charge in [0.1, 0.15) is 0 Å². The van der Waals surface area contributed by atoms with Crippen LogP contribution in [0.3, 0.4) is 0 Å². The molecule has 17 heavy (non-hydrogen) atoms. The number of rotatable bonds is 4. The van der Waals surface area contributed by atoms with Gasteiger partial charge >= 0.3 is 0 Å². The Kier molecular flexibility index (Phi) is 4.45. The fraction of sp³-hybridized carbons (Fsp3) is 0.250. The van der Waals surface area contributed by atoms with Gasteiger partial charge in [-0.1, -0.05) is 17.7 Å². The third kappa shape index (κ3) is 4.82. The highest BCUT2D eigenvalue weighted by molar-refractivity contribution is 9.10. The van der Waals surface area contributed by atoms with Crippen molar-refractivity contribution in [2.75, 3.05) is 16.1 Å². The molecule has 9 heteroatoms. The summed E-state index contributed by atoms with van der Waals surface area (Å²) in [6.07, 6.45) is 0.846. The zero-order valence-electron chi connectivity index (χ0n) is 8.64. The summed E-state index contributed by atoms with van der Waals surface area (Å²) in [7, 11) is -7.58. The minimum Gasteiger partial charge on any atom is -0.282 e. The van der Waals surface area contributed by atoms with Crippen LogP contribution in [0.1, 0.15) is 0 Å². The van der Waals surface area contributed by atoms with Crippen LogP contribution in [0, 0.1) is 0 Å². The van der Waals surface area contributed by atoms with Crippen LogP contribution in [0.25, 0.3) is 0 Å². The van der Waals surface area contributed by atoms with E-state index in [0.717, 1.165) is 6.26 Å². The van der Waals surface area contributed by atoms with E-state index in [4.69, 9.17) is 11.6 Å². The van der Waals surface area contributed by atoms with E-state index >= 15 is 0 Å². The van der Waals surface area contributed by atoms with Crippen LogP contribution in [0.5, 0.6) is 0 Å². The van der Waals surface area contributed by atoms with E-state index in [1.54, 1.807) is 12.1 Å². The van der Waals surface area contributed by atoms with Crippen LogP contribution in [-0.4, -0.2) is 28.2 Å². The fourth-order valence-corrected chi connectivity index (χ4v) is 4.73. The number of hydrogen-bond acceptors (Lipinski definition) is 4. The van der Waals surface area contributed by atoms with Crippen LogP contribution in [0.2, 0.25) is 5.02 Å². The van der Waals surface area contributed by atoms with E-state index in [2.05, 4.69) is 20.7 Å². The molecule has 0 heterocycles. The van der Waals surface area contributed by atoms with E-state index in [9.17, 15) is 16.8 Å². The summed E-state index contributed by atoms with van der Waals surface area (Å²) < 4.78 is 47.4. The van der Waals surface area contributed by atoms with Gasteiger partial charge in [0.25, 0.3) is 0 Å². The second-order valence-electron chi connectivity index (χ2n) is 3.36. The first-order valence-electron chi connectivity index (χ1n) is 4.23. The minimum atomic E-state index is -3.96. The zero-order chi connectivity index (χ0) is 13.3. The van der Waals surface area contributed by atoms with Gasteiger partial charge in [0.05, 0.1) is 15.2 Å². The molecule has 0 radical (unpaired) electrons. The van der Waals surface area contributed by atoms with E-state index < -0.39 is 24.9 Å². The monoisotopic (exact) mass is 361 g/mol. The highest BCUT2D eigenvalue weighted by Crippen LogP contribution is 2.30. The lowest BCUT2D eigenvalue weighted by atomic mass is 10.3. The number of halogens is 2. The lowest BCUT2D eigenvalue weighted by molar-refractivity contribution is 0.595. The van der Waals surface area contributed by atoms with E-state index in [1.165, 1.54) is 6.07 Å². The van der Waals surface area contributed by atoms with Crippen LogP contribution in [0.15, 0.2) is 22.7 Å². The lowest BCUT2D eigenvalue weighted by Gasteiger charge is -2.09. The minimum absolute atomic E-state index is 0.196. The highest BCUT2D eigenvalue weighted by atomic mass is 79.9. The summed E-state index contributed by atoms with van der Waals surface area (Å²) in [6, 6.07) is 4.58. The predicted molar refractivity (Wildman–Crippen MR) is 71.4 cm³/mol. The molecule has 1 aromatic rings. The molecule has 1 rings (SSSR count). The van der Waals surface area contributed by atoms with Crippen molar-refractivity contribution in [3.8, 4) is 0 Å². The molecule has 0 aliphatic heterocycles. The molecule has 0 amide bonds. The fourth-order valence-electron chi connectivity index (χ4n) is 1.06. The average molecular weight is 363 g/mol. The number of hydrogen-bond donors (Lipinski definition) is 1. The molecule has 5 nitrogen and oxygen atoms in total. The maximum Gasteiger partial charge on any atom is 0.247 e. The quantitative estimate of drug-likeness (QED) is 0.886. The van der Waals surface area contributed by atoms with Gasteiger partial charge in [-0.3, -0.25) is 4.72 Å². The summed E-state index contributed by atoms with van der Waals surface area (Å²) >= 11 is 8.88. The molecule has 0 saturated carbocycles. The Labute approximate surface area is 113 Å². The zero-order valence-corrected chi connectivity index (χ0v) is 12.6. The first-order valence-corrected chi connectivity index (χ1v) is 9.11. The van der Waals surface area contributed by atoms with Crippen LogP contribution in [-0.2, 0) is 19.9 Å². The van der Waals surface area contributed by atoms with Crippen molar-refractivity contribution in [3.63, 3.8) is 0 Å². The van der Waals surface area contributed by atoms with Crippen LogP contribution < -0.4 is 4.72 Å². The Hall–Kier alpha value is -0.310. The van der Waals surface area contributed by atoms with Gasteiger partial charge in [0, 0.05) is 6.26 Å². The molecular formula is C8H9BrClNO4S2. The van der Waals surface area contributed by atoms with Gasteiger partial charge in [-0.05, 0) is 28.1 Å². The van der Waals surface area contributed by atoms with Gasteiger partial charge in [0.15, 0.2) is 14.9 Å². The number of anilines is 1. The van der Waals surface area contributed by atoms with Crippen molar-refractivity contribution in [3.05, 3.63) is 27.7 Å². The molecule has 0 saturated heterocycles. The normalized spacial score (nSPS) is 12.4. The molecule has 0 aromatic heterocycles. The Morgan fingerprint density at radius 2 is 1.88 bits per heavy atom. The molecule has 1 N–H and O–H groups in total. The molecule has 0 fully saturated rings. The molecule has 1 aromatic carbocycles. The topological polar surface area (TPSA) is 80.3 Å². The SMILES string of the molecule is CS(=O)(=O)CS(=O)(=O)Nc1cccc(Cl)c1Br. The maximum atomic E-state index is 11.5. The Bertz CT molecular complexity index is 627. The number of sulfonamides is 1. The largest absolute Gasteiger partial charge is 0.282 e. The molecule has 0 aliphatic carbocycles. The summed E-state index contributed by atoms with van der Waals surface area (Å²) in [4.78, 5) is 0. The summed E-state index contributed by atoms with van der Waals surface area (Å²) in [5.74, 6) is 0.